The number of nitrogens with one attached hydrogen (secondary N) is 1. The molecule has 0 unspecified atom stereocenters. The van der Waals surface area contributed by atoms with Gasteiger partial charge in [-0.15, -0.1) is 23.2 Å². The van der Waals surface area contributed by atoms with Gasteiger partial charge in [-0.25, -0.2) is 4.79 Å². The Morgan fingerprint density at radius 1 is 0.717 bits per heavy atom. The fraction of sp³-hybridized carbons (Fsp3) is 0.194. The molecular weight excluding hydrogens is 627 g/mol. The summed E-state index contributed by atoms with van der Waals surface area (Å²) in [5, 5.41) is 2.71. The SMILES string of the molecule is C[C@H](C(=O)Nc1ccc(C(=O)OCC(=O)c2ccccc2)cc1)N1C(=O)[C@H]2[C@H](C1=O)C1(Cl)c3ccccc3C2(Cl)c2ccccc21. The van der Waals surface area contributed by atoms with Gasteiger partial charge in [-0.3, -0.25) is 24.1 Å². The van der Waals surface area contributed by atoms with Crippen molar-refractivity contribution in [2.45, 2.75) is 22.7 Å². The van der Waals surface area contributed by atoms with Gasteiger partial charge in [0.25, 0.3) is 0 Å². The van der Waals surface area contributed by atoms with E-state index in [2.05, 4.69) is 5.32 Å². The van der Waals surface area contributed by atoms with E-state index in [0.29, 0.717) is 33.5 Å². The van der Waals surface area contributed by atoms with E-state index < -0.39 is 57.9 Å². The summed E-state index contributed by atoms with van der Waals surface area (Å²) < 4.78 is 5.15. The molecule has 1 N–H and O–H groups in total. The van der Waals surface area contributed by atoms with E-state index >= 15 is 0 Å². The number of amides is 3. The molecule has 230 valence electrons. The molecule has 4 aromatic rings. The number of alkyl halides is 2. The van der Waals surface area contributed by atoms with Crippen LogP contribution in [0.15, 0.2) is 103 Å². The summed E-state index contributed by atoms with van der Waals surface area (Å²) in [6, 6.07) is 27.8. The molecule has 10 heteroatoms. The number of anilines is 1. The fourth-order valence-corrected chi connectivity index (χ4v) is 8.14. The lowest BCUT2D eigenvalue weighted by atomic mass is 9.54. The van der Waals surface area contributed by atoms with Crippen LogP contribution in [0.25, 0.3) is 0 Å². The number of ketones is 1. The molecule has 0 radical (unpaired) electrons. The Morgan fingerprint density at radius 3 is 1.65 bits per heavy atom. The Bertz CT molecular complexity index is 1820. The minimum Gasteiger partial charge on any atom is -0.454 e. The summed E-state index contributed by atoms with van der Waals surface area (Å²) >= 11 is 14.9. The van der Waals surface area contributed by atoms with Crippen LogP contribution in [0.5, 0.6) is 0 Å². The second-order valence-corrected chi connectivity index (χ2v) is 12.8. The van der Waals surface area contributed by atoms with Crippen LogP contribution in [0.3, 0.4) is 0 Å². The van der Waals surface area contributed by atoms with E-state index in [1.165, 1.54) is 31.2 Å². The topological polar surface area (TPSA) is 110 Å². The van der Waals surface area contributed by atoms with Gasteiger partial charge in [0.05, 0.1) is 17.4 Å². The Morgan fingerprint density at radius 2 is 1.17 bits per heavy atom. The number of carbonyl (C=O) groups is 5. The Labute approximate surface area is 274 Å². The number of esters is 1. The molecule has 8 nitrogen and oxygen atoms in total. The lowest BCUT2D eigenvalue weighted by Crippen LogP contribution is -2.57. The van der Waals surface area contributed by atoms with Crippen molar-refractivity contribution in [3.8, 4) is 0 Å². The van der Waals surface area contributed by atoms with Gasteiger partial charge in [0.15, 0.2) is 12.4 Å². The van der Waals surface area contributed by atoms with Gasteiger partial charge in [0, 0.05) is 11.3 Å². The van der Waals surface area contributed by atoms with Crippen molar-refractivity contribution in [1.82, 2.24) is 4.90 Å². The number of rotatable bonds is 7. The molecule has 4 aromatic carbocycles. The van der Waals surface area contributed by atoms with Crippen molar-refractivity contribution in [1.29, 1.82) is 0 Å². The Kier molecular flexibility index (Phi) is 7.10. The fourth-order valence-electron chi connectivity index (χ4n) is 7.05. The molecule has 4 aliphatic rings. The van der Waals surface area contributed by atoms with Crippen LogP contribution in [0.2, 0.25) is 0 Å². The lowest BCUT2D eigenvalue weighted by molar-refractivity contribution is -0.146. The van der Waals surface area contributed by atoms with Crippen molar-refractivity contribution in [2.24, 2.45) is 11.8 Å². The van der Waals surface area contributed by atoms with Gasteiger partial charge in [-0.1, -0.05) is 78.9 Å². The number of halogens is 2. The number of imide groups is 1. The second-order valence-electron chi connectivity index (χ2n) is 11.6. The van der Waals surface area contributed by atoms with Crippen LogP contribution < -0.4 is 5.32 Å². The molecule has 1 aliphatic heterocycles. The van der Waals surface area contributed by atoms with Crippen LogP contribution in [-0.4, -0.2) is 47.0 Å². The van der Waals surface area contributed by atoms with E-state index in [1.54, 1.807) is 30.3 Å². The number of hydrogen-bond donors (Lipinski definition) is 1. The zero-order valence-electron chi connectivity index (χ0n) is 24.4. The average Bonchev–Trinajstić information content (AvgIpc) is 3.36. The molecule has 46 heavy (non-hydrogen) atoms. The zero-order valence-corrected chi connectivity index (χ0v) is 25.9. The van der Waals surface area contributed by atoms with Crippen molar-refractivity contribution < 1.29 is 28.7 Å². The molecule has 0 aromatic heterocycles. The number of Topliss-reactive ketones (excluding diaryl/α,β-unsaturated/α-hetero) is 1. The van der Waals surface area contributed by atoms with Crippen LogP contribution in [0.4, 0.5) is 5.69 Å². The molecule has 1 saturated heterocycles. The normalized spacial score (nSPS) is 24.5. The molecule has 3 aliphatic carbocycles. The van der Waals surface area contributed by atoms with Gasteiger partial charge in [-0.05, 0) is 53.4 Å². The number of likely N-dealkylation sites (tertiary alicyclic amines) is 1. The highest BCUT2D eigenvalue weighted by atomic mass is 35.5. The highest BCUT2D eigenvalue weighted by molar-refractivity contribution is 6.36. The van der Waals surface area contributed by atoms with E-state index in [4.69, 9.17) is 27.9 Å². The van der Waals surface area contributed by atoms with Gasteiger partial charge in [0.2, 0.25) is 17.7 Å². The number of ether oxygens (including phenoxy) is 1. The minimum atomic E-state index is -1.34. The van der Waals surface area contributed by atoms with Crippen molar-refractivity contribution in [3.05, 3.63) is 137 Å². The molecule has 0 saturated carbocycles. The molecule has 2 bridgehead atoms. The minimum absolute atomic E-state index is 0.176. The third-order valence-corrected chi connectivity index (χ3v) is 10.5. The maximum Gasteiger partial charge on any atom is 0.338 e. The smallest absolute Gasteiger partial charge is 0.338 e. The van der Waals surface area contributed by atoms with Gasteiger partial charge in [-0.2, -0.15) is 0 Å². The van der Waals surface area contributed by atoms with E-state index in [-0.39, 0.29) is 11.3 Å². The molecule has 3 atom stereocenters. The van der Waals surface area contributed by atoms with Crippen LogP contribution >= 0.6 is 23.2 Å². The first-order chi connectivity index (χ1) is 22.1. The highest BCUT2D eigenvalue weighted by Crippen LogP contribution is 2.69. The molecule has 1 heterocycles. The predicted octanol–water partition coefficient (Wildman–Crippen LogP) is 5.65. The standard InChI is InChI=1S/C36H26Cl2N2O6/c1-20(31(42)39-23-17-15-22(16-18-23)34(45)46-19-28(41)21-9-3-2-4-10-21)40-32(43)29-30(33(40)44)36(38)25-12-6-5-11-24(25)35(29,37)26-13-7-8-14-27(26)36/h2-18,20,29-30H,19H2,1H3,(H,39,42)/t20-,29-,30-,35?,36?/m1/s1. The quantitative estimate of drug-likeness (QED) is 0.120. The van der Waals surface area contributed by atoms with Crippen LogP contribution in [-0.2, 0) is 28.9 Å². The number of hydrogen-bond acceptors (Lipinski definition) is 6. The van der Waals surface area contributed by atoms with E-state index in [9.17, 15) is 24.0 Å². The maximum absolute atomic E-state index is 14.1. The summed E-state index contributed by atoms with van der Waals surface area (Å²) in [5.41, 5.74) is 3.64. The van der Waals surface area contributed by atoms with Gasteiger partial charge >= 0.3 is 5.97 Å². The van der Waals surface area contributed by atoms with E-state index in [1.807, 2.05) is 48.5 Å². The predicted molar refractivity (Wildman–Crippen MR) is 171 cm³/mol. The van der Waals surface area contributed by atoms with Gasteiger partial charge in [0.1, 0.15) is 15.8 Å². The summed E-state index contributed by atoms with van der Waals surface area (Å²) in [6.45, 7) is 1.06. The van der Waals surface area contributed by atoms with Crippen molar-refractivity contribution >= 4 is 58.4 Å². The van der Waals surface area contributed by atoms with Crippen LogP contribution in [0, 0.1) is 11.8 Å². The second kappa shape index (κ2) is 10.9. The average molecular weight is 654 g/mol. The van der Waals surface area contributed by atoms with Crippen molar-refractivity contribution in [2.75, 3.05) is 11.9 Å². The summed E-state index contributed by atoms with van der Waals surface area (Å²) in [5.74, 6) is -4.81. The largest absolute Gasteiger partial charge is 0.454 e. The first-order valence-corrected chi connectivity index (χ1v) is 15.4. The first-order valence-electron chi connectivity index (χ1n) is 14.7. The lowest BCUT2D eigenvalue weighted by Gasteiger charge is -2.54. The summed E-state index contributed by atoms with van der Waals surface area (Å²) in [6.07, 6.45) is 0. The monoisotopic (exact) mass is 652 g/mol. The number of carbonyl (C=O) groups excluding carboxylic acids is 5. The molecule has 3 amide bonds. The van der Waals surface area contributed by atoms with Crippen molar-refractivity contribution in [3.63, 3.8) is 0 Å². The molecular formula is C36H26Cl2N2O6. The Hall–Kier alpha value is -4.79. The van der Waals surface area contributed by atoms with E-state index in [0.717, 1.165) is 4.90 Å². The maximum atomic E-state index is 14.1. The number of nitrogens with zero attached hydrogens (tertiary/aromatic N) is 1. The third-order valence-electron chi connectivity index (χ3n) is 9.20. The number of benzene rings is 4. The first kappa shape index (κ1) is 29.9. The molecule has 8 rings (SSSR count). The summed E-state index contributed by atoms with van der Waals surface area (Å²) in [7, 11) is 0. The zero-order chi connectivity index (χ0) is 32.4. The van der Waals surface area contributed by atoms with Gasteiger partial charge < -0.3 is 10.1 Å². The third kappa shape index (κ3) is 4.24. The van der Waals surface area contributed by atoms with Crippen LogP contribution in [0.1, 0.15) is 49.9 Å². The molecule has 0 spiro atoms. The molecule has 1 fully saturated rings. The Balaban J connectivity index is 1.09. The summed E-state index contributed by atoms with van der Waals surface area (Å²) in [4.78, 5) is 64.8. The highest BCUT2D eigenvalue weighted by Gasteiger charge is 2.73.